The van der Waals surface area contributed by atoms with Crippen molar-refractivity contribution in [1.82, 2.24) is 14.9 Å². The molecule has 6 nitrogen and oxygen atoms in total. The number of para-hydroxylation sites is 2. The van der Waals surface area contributed by atoms with Crippen LogP contribution in [0.5, 0.6) is 0 Å². The first-order chi connectivity index (χ1) is 14.5. The maximum Gasteiger partial charge on any atom is 0.311 e. The van der Waals surface area contributed by atoms with E-state index in [2.05, 4.69) is 9.97 Å². The standard InChI is InChI=1S/C23H22FN3O3/c1-15-21(26-20-7-3-2-6-19(20)25-15)14-30-23(29)17-5-4-12-27(13-17)22(28)16-8-10-18(24)11-9-16/h2-3,6-11,17H,4-5,12-14H2,1H3/t17-/m0/s1. The Labute approximate surface area is 173 Å². The van der Waals surface area contributed by atoms with E-state index in [0.717, 1.165) is 16.7 Å². The van der Waals surface area contributed by atoms with Gasteiger partial charge in [0.05, 0.1) is 28.3 Å². The van der Waals surface area contributed by atoms with Crippen LogP contribution in [0.3, 0.4) is 0 Å². The third kappa shape index (κ3) is 4.30. The van der Waals surface area contributed by atoms with Crippen molar-refractivity contribution in [1.29, 1.82) is 0 Å². The van der Waals surface area contributed by atoms with Crippen LogP contribution in [0.25, 0.3) is 11.0 Å². The van der Waals surface area contributed by atoms with Crippen LogP contribution >= 0.6 is 0 Å². The molecule has 0 spiro atoms. The Morgan fingerprint density at radius 2 is 1.80 bits per heavy atom. The molecule has 1 aromatic heterocycles. The van der Waals surface area contributed by atoms with Gasteiger partial charge in [0, 0.05) is 18.7 Å². The van der Waals surface area contributed by atoms with Crippen molar-refractivity contribution >= 4 is 22.9 Å². The summed E-state index contributed by atoms with van der Waals surface area (Å²) >= 11 is 0. The molecule has 1 aliphatic rings. The third-order valence-corrected chi connectivity index (χ3v) is 5.33. The summed E-state index contributed by atoms with van der Waals surface area (Å²) in [6.45, 7) is 2.74. The fraction of sp³-hybridized carbons (Fsp3) is 0.304. The van der Waals surface area contributed by atoms with Crippen molar-refractivity contribution in [2.24, 2.45) is 5.92 Å². The van der Waals surface area contributed by atoms with Crippen LogP contribution in [-0.4, -0.2) is 39.8 Å². The Kier molecular flexibility index (Phi) is 5.70. The van der Waals surface area contributed by atoms with Gasteiger partial charge in [0.1, 0.15) is 12.4 Å². The summed E-state index contributed by atoms with van der Waals surface area (Å²) in [5, 5.41) is 0. The minimum atomic E-state index is -0.392. The highest BCUT2D eigenvalue weighted by molar-refractivity contribution is 5.94. The van der Waals surface area contributed by atoms with E-state index >= 15 is 0 Å². The molecule has 1 saturated heterocycles. The Morgan fingerprint density at radius 3 is 2.53 bits per heavy atom. The lowest BCUT2D eigenvalue weighted by molar-refractivity contribution is -0.151. The lowest BCUT2D eigenvalue weighted by Crippen LogP contribution is -2.42. The Balaban J connectivity index is 1.39. The fourth-order valence-electron chi connectivity index (χ4n) is 3.65. The predicted molar refractivity (Wildman–Crippen MR) is 109 cm³/mol. The zero-order chi connectivity index (χ0) is 21.1. The van der Waals surface area contributed by atoms with Crippen molar-refractivity contribution in [3.63, 3.8) is 0 Å². The summed E-state index contributed by atoms with van der Waals surface area (Å²) in [7, 11) is 0. The molecule has 1 fully saturated rings. The normalized spacial score (nSPS) is 16.5. The number of likely N-dealkylation sites (tertiary alicyclic amines) is 1. The van der Waals surface area contributed by atoms with E-state index in [4.69, 9.17) is 4.74 Å². The van der Waals surface area contributed by atoms with Crippen LogP contribution in [-0.2, 0) is 16.1 Å². The summed E-state index contributed by atoms with van der Waals surface area (Å²) in [5.74, 6) is -1.33. The van der Waals surface area contributed by atoms with E-state index in [-0.39, 0.29) is 25.0 Å². The number of esters is 1. The molecule has 3 aromatic rings. The van der Waals surface area contributed by atoms with Crippen molar-refractivity contribution in [2.45, 2.75) is 26.4 Å². The second-order valence-corrected chi connectivity index (χ2v) is 7.45. The van der Waals surface area contributed by atoms with E-state index in [9.17, 15) is 14.0 Å². The van der Waals surface area contributed by atoms with E-state index in [1.807, 2.05) is 31.2 Å². The largest absolute Gasteiger partial charge is 0.459 e. The molecule has 2 heterocycles. The smallest absolute Gasteiger partial charge is 0.311 e. The van der Waals surface area contributed by atoms with Gasteiger partial charge < -0.3 is 9.64 Å². The molecular weight excluding hydrogens is 385 g/mol. The summed E-state index contributed by atoms with van der Waals surface area (Å²) in [6.07, 6.45) is 1.37. The number of aryl methyl sites for hydroxylation is 1. The van der Waals surface area contributed by atoms with Gasteiger partial charge in [-0.15, -0.1) is 0 Å². The third-order valence-electron chi connectivity index (χ3n) is 5.33. The van der Waals surface area contributed by atoms with Crippen molar-refractivity contribution < 1.29 is 18.7 Å². The minimum Gasteiger partial charge on any atom is -0.459 e. The second-order valence-electron chi connectivity index (χ2n) is 7.45. The zero-order valence-corrected chi connectivity index (χ0v) is 16.7. The molecule has 0 bridgehead atoms. The molecule has 0 radical (unpaired) electrons. The van der Waals surface area contributed by atoms with Gasteiger partial charge in [0.15, 0.2) is 0 Å². The molecule has 7 heteroatoms. The van der Waals surface area contributed by atoms with Gasteiger partial charge in [-0.3, -0.25) is 9.59 Å². The van der Waals surface area contributed by atoms with Crippen LogP contribution in [0.15, 0.2) is 48.5 Å². The zero-order valence-electron chi connectivity index (χ0n) is 16.7. The monoisotopic (exact) mass is 407 g/mol. The van der Waals surface area contributed by atoms with Gasteiger partial charge >= 0.3 is 5.97 Å². The Morgan fingerprint density at radius 1 is 1.10 bits per heavy atom. The van der Waals surface area contributed by atoms with Gasteiger partial charge in [-0.25, -0.2) is 14.4 Å². The highest BCUT2D eigenvalue weighted by Crippen LogP contribution is 2.21. The molecule has 4 rings (SSSR count). The van der Waals surface area contributed by atoms with Crippen LogP contribution in [0.2, 0.25) is 0 Å². The van der Waals surface area contributed by atoms with Gasteiger partial charge in [0.25, 0.3) is 5.91 Å². The molecule has 154 valence electrons. The first kappa shape index (κ1) is 19.9. The van der Waals surface area contributed by atoms with Gasteiger partial charge in [-0.05, 0) is 56.2 Å². The fourth-order valence-corrected chi connectivity index (χ4v) is 3.65. The second kappa shape index (κ2) is 8.57. The minimum absolute atomic E-state index is 0.0465. The van der Waals surface area contributed by atoms with Gasteiger partial charge in [-0.1, -0.05) is 12.1 Å². The molecule has 0 saturated carbocycles. The topological polar surface area (TPSA) is 72.4 Å². The number of benzene rings is 2. The Hall–Kier alpha value is -3.35. The number of hydrogen-bond acceptors (Lipinski definition) is 5. The maximum atomic E-state index is 13.1. The van der Waals surface area contributed by atoms with E-state index in [1.54, 1.807) is 4.90 Å². The van der Waals surface area contributed by atoms with Crippen LogP contribution in [0.4, 0.5) is 4.39 Å². The number of fused-ring (bicyclic) bond motifs is 1. The first-order valence-electron chi connectivity index (χ1n) is 9.95. The number of carbonyl (C=O) groups excluding carboxylic acids is 2. The molecule has 1 amide bonds. The molecule has 1 aliphatic heterocycles. The lowest BCUT2D eigenvalue weighted by Gasteiger charge is -2.31. The summed E-state index contributed by atoms with van der Waals surface area (Å²) in [6, 6.07) is 13.0. The Bertz CT molecular complexity index is 1080. The van der Waals surface area contributed by atoms with E-state index in [0.29, 0.717) is 30.6 Å². The highest BCUT2D eigenvalue weighted by atomic mass is 19.1. The molecule has 0 aliphatic carbocycles. The van der Waals surface area contributed by atoms with E-state index in [1.165, 1.54) is 24.3 Å². The summed E-state index contributed by atoms with van der Waals surface area (Å²) in [5.41, 5.74) is 3.30. The molecule has 0 N–H and O–H groups in total. The van der Waals surface area contributed by atoms with Gasteiger partial charge in [-0.2, -0.15) is 0 Å². The summed E-state index contributed by atoms with van der Waals surface area (Å²) < 4.78 is 18.6. The predicted octanol–water partition coefficient (Wildman–Crippen LogP) is 3.67. The molecule has 30 heavy (non-hydrogen) atoms. The molecule has 0 unspecified atom stereocenters. The lowest BCUT2D eigenvalue weighted by atomic mass is 9.97. The number of ether oxygens (including phenoxy) is 1. The van der Waals surface area contributed by atoms with Crippen LogP contribution in [0.1, 0.15) is 34.6 Å². The SMILES string of the molecule is Cc1nc2ccccc2nc1COC(=O)[C@H]1CCCN(C(=O)c2ccc(F)cc2)C1. The number of amides is 1. The first-order valence-corrected chi connectivity index (χ1v) is 9.95. The van der Waals surface area contributed by atoms with Crippen LogP contribution < -0.4 is 0 Å². The number of aromatic nitrogens is 2. The highest BCUT2D eigenvalue weighted by Gasteiger charge is 2.30. The number of halogens is 1. The van der Waals surface area contributed by atoms with Crippen molar-refractivity contribution in [3.8, 4) is 0 Å². The number of carbonyl (C=O) groups is 2. The average molecular weight is 407 g/mol. The maximum absolute atomic E-state index is 13.1. The number of rotatable bonds is 4. The molecular formula is C23H22FN3O3. The average Bonchev–Trinajstić information content (AvgIpc) is 2.77. The summed E-state index contributed by atoms with van der Waals surface area (Å²) in [4.78, 5) is 36.0. The number of hydrogen-bond donors (Lipinski definition) is 0. The molecule has 2 aromatic carbocycles. The quantitative estimate of drug-likeness (QED) is 0.617. The van der Waals surface area contributed by atoms with Gasteiger partial charge in [0.2, 0.25) is 0 Å². The van der Waals surface area contributed by atoms with E-state index < -0.39 is 11.7 Å². The van der Waals surface area contributed by atoms with Crippen molar-refractivity contribution in [3.05, 3.63) is 71.3 Å². The van der Waals surface area contributed by atoms with Crippen molar-refractivity contribution in [2.75, 3.05) is 13.1 Å². The number of nitrogens with zero attached hydrogens (tertiary/aromatic N) is 3. The number of piperidine rings is 1. The molecule has 1 atom stereocenters. The van der Waals surface area contributed by atoms with Crippen LogP contribution in [0, 0.1) is 18.7 Å².